The lowest BCUT2D eigenvalue weighted by Gasteiger charge is -2.26. The standard InChI is InChI=1S/C20H29NO7S/c1-13(2)11-27-17-7-6-15(10-18(17)26-5)20(23)28-14(3)19(22)21(4)16-8-9-29(24,25)12-16/h6-7,10,13-14,16H,8-9,11-12H2,1-5H3/t14-,16+/m0/s1. The number of esters is 1. The monoisotopic (exact) mass is 427 g/mol. The number of benzene rings is 1. The van der Waals surface area contributed by atoms with Crippen LogP contribution in [-0.4, -0.2) is 69.6 Å². The van der Waals surface area contributed by atoms with E-state index in [0.29, 0.717) is 30.4 Å². The molecule has 0 aliphatic carbocycles. The Morgan fingerprint density at radius 2 is 1.90 bits per heavy atom. The van der Waals surface area contributed by atoms with Crippen LogP contribution in [0.4, 0.5) is 0 Å². The minimum atomic E-state index is -3.12. The second-order valence-corrected chi connectivity index (χ2v) is 9.85. The molecule has 2 atom stereocenters. The number of nitrogens with zero attached hydrogens (tertiary/aromatic N) is 1. The highest BCUT2D eigenvalue weighted by atomic mass is 32.2. The van der Waals surface area contributed by atoms with Gasteiger partial charge in [-0.15, -0.1) is 0 Å². The predicted molar refractivity (Wildman–Crippen MR) is 108 cm³/mol. The second kappa shape index (κ2) is 9.47. The second-order valence-electron chi connectivity index (χ2n) is 7.62. The molecule has 1 aromatic carbocycles. The van der Waals surface area contributed by atoms with Crippen molar-refractivity contribution in [1.82, 2.24) is 4.90 Å². The van der Waals surface area contributed by atoms with Crippen molar-refractivity contribution in [2.75, 3.05) is 32.3 Å². The number of hydrogen-bond donors (Lipinski definition) is 0. The lowest BCUT2D eigenvalue weighted by atomic mass is 10.2. The summed E-state index contributed by atoms with van der Waals surface area (Å²) in [5, 5.41) is 0. The fourth-order valence-electron chi connectivity index (χ4n) is 3.00. The van der Waals surface area contributed by atoms with Crippen molar-refractivity contribution in [3.8, 4) is 11.5 Å². The number of carbonyl (C=O) groups excluding carboxylic acids is 2. The molecule has 9 heteroatoms. The largest absolute Gasteiger partial charge is 0.493 e. The van der Waals surface area contributed by atoms with Crippen molar-refractivity contribution in [1.29, 1.82) is 0 Å². The summed E-state index contributed by atoms with van der Waals surface area (Å²) < 4.78 is 39.5. The van der Waals surface area contributed by atoms with Crippen LogP contribution in [0.1, 0.15) is 37.6 Å². The third-order valence-electron chi connectivity index (χ3n) is 4.71. The fraction of sp³-hybridized carbons (Fsp3) is 0.600. The van der Waals surface area contributed by atoms with Gasteiger partial charge < -0.3 is 19.1 Å². The molecule has 0 aromatic heterocycles. The SMILES string of the molecule is COc1cc(C(=O)O[C@@H](C)C(=O)N(C)[C@@H]2CCS(=O)(=O)C2)ccc1OCC(C)C. The predicted octanol–water partition coefficient (Wildman–Crippen LogP) is 1.92. The zero-order valence-corrected chi connectivity index (χ0v) is 18.3. The third-order valence-corrected chi connectivity index (χ3v) is 6.46. The minimum absolute atomic E-state index is 0.0640. The number of methoxy groups -OCH3 is 1. The Balaban J connectivity index is 2.02. The van der Waals surface area contributed by atoms with Crippen LogP contribution in [0.25, 0.3) is 0 Å². The average molecular weight is 428 g/mol. The van der Waals surface area contributed by atoms with Crippen LogP contribution in [0.3, 0.4) is 0 Å². The van der Waals surface area contributed by atoms with Gasteiger partial charge in [-0.1, -0.05) is 13.8 Å². The van der Waals surface area contributed by atoms with E-state index >= 15 is 0 Å². The van der Waals surface area contributed by atoms with Crippen molar-refractivity contribution < 1.29 is 32.2 Å². The average Bonchev–Trinajstić information content (AvgIpc) is 3.04. The maximum Gasteiger partial charge on any atom is 0.339 e. The van der Waals surface area contributed by atoms with Gasteiger partial charge in [-0.3, -0.25) is 4.79 Å². The summed E-state index contributed by atoms with van der Waals surface area (Å²) in [6, 6.07) is 4.28. The van der Waals surface area contributed by atoms with Gasteiger partial charge in [0.1, 0.15) is 0 Å². The molecule has 0 bridgehead atoms. The smallest absolute Gasteiger partial charge is 0.339 e. The number of sulfone groups is 1. The molecule has 29 heavy (non-hydrogen) atoms. The van der Waals surface area contributed by atoms with E-state index in [-0.39, 0.29) is 17.1 Å². The molecule has 2 rings (SSSR count). The Bertz CT molecular complexity index is 850. The molecule has 162 valence electrons. The first-order chi connectivity index (χ1) is 13.5. The van der Waals surface area contributed by atoms with E-state index in [9.17, 15) is 18.0 Å². The van der Waals surface area contributed by atoms with Gasteiger partial charge in [0.25, 0.3) is 5.91 Å². The number of ether oxygens (including phenoxy) is 3. The van der Waals surface area contributed by atoms with E-state index < -0.39 is 33.9 Å². The number of hydrogen-bond acceptors (Lipinski definition) is 7. The molecule has 0 radical (unpaired) electrons. The van der Waals surface area contributed by atoms with Crippen LogP contribution in [0, 0.1) is 5.92 Å². The summed E-state index contributed by atoms with van der Waals surface area (Å²) in [7, 11) is -0.110. The fourth-order valence-corrected chi connectivity index (χ4v) is 4.77. The van der Waals surface area contributed by atoms with E-state index in [1.807, 2.05) is 13.8 Å². The summed E-state index contributed by atoms with van der Waals surface area (Å²) in [4.78, 5) is 26.4. The highest BCUT2D eigenvalue weighted by Gasteiger charge is 2.35. The van der Waals surface area contributed by atoms with Crippen LogP contribution in [0.5, 0.6) is 11.5 Å². The van der Waals surface area contributed by atoms with E-state index in [2.05, 4.69) is 0 Å². The third kappa shape index (κ3) is 6.09. The van der Waals surface area contributed by atoms with Crippen molar-refractivity contribution in [2.24, 2.45) is 5.92 Å². The molecule has 1 aliphatic heterocycles. The summed E-state index contributed by atoms with van der Waals surface area (Å²) >= 11 is 0. The Morgan fingerprint density at radius 3 is 2.45 bits per heavy atom. The van der Waals surface area contributed by atoms with Crippen molar-refractivity contribution in [2.45, 2.75) is 39.3 Å². The normalized spacial score (nSPS) is 18.9. The maximum atomic E-state index is 12.5. The number of likely N-dealkylation sites (N-methyl/N-ethyl adjacent to an activating group) is 1. The number of carbonyl (C=O) groups is 2. The zero-order chi connectivity index (χ0) is 21.8. The first-order valence-corrected chi connectivity index (χ1v) is 11.3. The Hall–Kier alpha value is -2.29. The van der Waals surface area contributed by atoms with Crippen LogP contribution in [0.15, 0.2) is 18.2 Å². The van der Waals surface area contributed by atoms with Gasteiger partial charge in [0.05, 0.1) is 30.8 Å². The van der Waals surface area contributed by atoms with Crippen molar-refractivity contribution in [3.63, 3.8) is 0 Å². The molecular weight excluding hydrogens is 398 g/mol. The van der Waals surface area contributed by atoms with Crippen LogP contribution in [-0.2, 0) is 19.4 Å². The molecule has 8 nitrogen and oxygen atoms in total. The highest BCUT2D eigenvalue weighted by molar-refractivity contribution is 7.91. The van der Waals surface area contributed by atoms with Crippen LogP contribution < -0.4 is 9.47 Å². The first kappa shape index (κ1) is 23.0. The molecule has 1 heterocycles. The van der Waals surface area contributed by atoms with E-state index in [1.54, 1.807) is 12.1 Å². The summed E-state index contributed by atoms with van der Waals surface area (Å²) in [6.45, 7) is 6.02. The zero-order valence-electron chi connectivity index (χ0n) is 17.5. The van der Waals surface area contributed by atoms with Gasteiger partial charge in [-0.25, -0.2) is 13.2 Å². The summed E-state index contributed by atoms with van der Waals surface area (Å²) in [5.74, 6) is 0.134. The van der Waals surface area contributed by atoms with Crippen molar-refractivity contribution in [3.05, 3.63) is 23.8 Å². The minimum Gasteiger partial charge on any atom is -0.493 e. The molecule has 1 saturated heterocycles. The van der Waals surface area contributed by atoms with Crippen LogP contribution in [0.2, 0.25) is 0 Å². The molecule has 0 N–H and O–H groups in total. The molecule has 0 saturated carbocycles. The van der Waals surface area contributed by atoms with Crippen molar-refractivity contribution >= 4 is 21.7 Å². The molecule has 1 amide bonds. The molecule has 1 aliphatic rings. The van der Waals surface area contributed by atoms with Gasteiger partial charge in [-0.05, 0) is 37.5 Å². The van der Waals surface area contributed by atoms with E-state index in [0.717, 1.165) is 0 Å². The molecular formula is C20H29NO7S. The Kier molecular flexibility index (Phi) is 7.51. The lowest BCUT2D eigenvalue weighted by Crippen LogP contribution is -2.44. The Labute approximate surface area is 172 Å². The van der Waals surface area contributed by atoms with Gasteiger partial charge >= 0.3 is 5.97 Å². The van der Waals surface area contributed by atoms with Crippen LogP contribution >= 0.6 is 0 Å². The molecule has 0 unspecified atom stereocenters. The first-order valence-electron chi connectivity index (χ1n) is 9.53. The number of rotatable bonds is 8. The van der Waals surface area contributed by atoms with E-state index in [4.69, 9.17) is 14.2 Å². The Morgan fingerprint density at radius 1 is 1.21 bits per heavy atom. The summed E-state index contributed by atoms with van der Waals surface area (Å²) in [6.07, 6.45) is -0.654. The van der Waals surface area contributed by atoms with Gasteiger partial charge in [-0.2, -0.15) is 0 Å². The maximum absolute atomic E-state index is 12.5. The number of amides is 1. The molecule has 0 spiro atoms. The molecule has 1 aromatic rings. The van der Waals surface area contributed by atoms with Gasteiger partial charge in [0.2, 0.25) is 0 Å². The van der Waals surface area contributed by atoms with Gasteiger partial charge in [0, 0.05) is 13.1 Å². The topological polar surface area (TPSA) is 99.2 Å². The quantitative estimate of drug-likeness (QED) is 0.585. The van der Waals surface area contributed by atoms with E-state index in [1.165, 1.54) is 32.0 Å². The lowest BCUT2D eigenvalue weighted by molar-refractivity contribution is -0.140. The highest BCUT2D eigenvalue weighted by Crippen LogP contribution is 2.29. The van der Waals surface area contributed by atoms with Gasteiger partial charge in [0.15, 0.2) is 27.4 Å². The summed E-state index contributed by atoms with van der Waals surface area (Å²) in [5.41, 5.74) is 0.226. The molecule has 1 fully saturated rings.